The van der Waals surface area contributed by atoms with Crippen LogP contribution in [-0.2, 0) is 26.8 Å². The van der Waals surface area contributed by atoms with Crippen molar-refractivity contribution in [2.45, 2.75) is 45.6 Å². The summed E-state index contributed by atoms with van der Waals surface area (Å²) < 4.78 is 36.4. The first kappa shape index (κ1) is 26.2. The lowest BCUT2D eigenvalue weighted by Crippen LogP contribution is -2.32. The predicted molar refractivity (Wildman–Crippen MR) is 135 cm³/mol. The highest BCUT2D eigenvalue weighted by Gasteiger charge is 2.21. The summed E-state index contributed by atoms with van der Waals surface area (Å²) in [6.07, 6.45) is 1.59. The van der Waals surface area contributed by atoms with E-state index in [4.69, 9.17) is 9.26 Å². The van der Waals surface area contributed by atoms with Crippen LogP contribution in [-0.4, -0.2) is 44.4 Å². The van der Waals surface area contributed by atoms with Crippen LogP contribution in [0.5, 0.6) is 5.75 Å². The number of amides is 1. The van der Waals surface area contributed by atoms with Crippen LogP contribution in [0.2, 0.25) is 0 Å². The van der Waals surface area contributed by atoms with Gasteiger partial charge in [0.1, 0.15) is 5.75 Å². The Bertz CT molecular complexity index is 1250. The summed E-state index contributed by atoms with van der Waals surface area (Å²) >= 11 is 0. The van der Waals surface area contributed by atoms with Crippen LogP contribution in [0.15, 0.2) is 53.1 Å². The molecule has 9 nitrogen and oxygen atoms in total. The van der Waals surface area contributed by atoms with Gasteiger partial charge in [-0.05, 0) is 29.5 Å². The Hall–Kier alpha value is -3.40. The molecule has 1 amide bonds. The Balaban J connectivity index is 1.53. The van der Waals surface area contributed by atoms with Crippen molar-refractivity contribution in [3.63, 3.8) is 0 Å². The lowest BCUT2D eigenvalue weighted by Gasteiger charge is -2.24. The average Bonchev–Trinajstić information content (AvgIpc) is 3.28. The summed E-state index contributed by atoms with van der Waals surface area (Å²) in [5.41, 5.74) is 2.53. The number of hydrogen-bond acceptors (Lipinski definition) is 7. The van der Waals surface area contributed by atoms with Gasteiger partial charge in [0, 0.05) is 18.5 Å². The van der Waals surface area contributed by atoms with Gasteiger partial charge >= 0.3 is 0 Å². The van der Waals surface area contributed by atoms with Crippen molar-refractivity contribution in [3.05, 3.63) is 60.0 Å². The van der Waals surface area contributed by atoms with Gasteiger partial charge in [0.2, 0.25) is 27.6 Å². The second-order valence-corrected chi connectivity index (χ2v) is 11.1. The standard InChI is InChI=1S/C25H32N4O5S/c1-25(2,3)19-14-12-18(13-15-19)24-27-23(34-28-24)17-26-22(30)11-8-16-29(35(5,31)32)20-9-6-7-10-21(20)33-4/h6-7,9-10,12-15H,8,11,16-17H2,1-5H3,(H,26,30). The SMILES string of the molecule is COc1ccccc1N(CCCC(=O)NCc1nc(-c2ccc(C(C)(C)C)cc2)no1)S(C)(=O)=O. The number of benzene rings is 2. The Morgan fingerprint density at radius 3 is 2.43 bits per heavy atom. The molecule has 35 heavy (non-hydrogen) atoms. The fourth-order valence-corrected chi connectivity index (χ4v) is 4.48. The summed E-state index contributed by atoms with van der Waals surface area (Å²) in [5.74, 6) is 0.950. The summed E-state index contributed by atoms with van der Waals surface area (Å²) in [6.45, 7) is 6.67. The number of ether oxygens (including phenoxy) is 1. The molecule has 1 aromatic heterocycles. The van der Waals surface area contributed by atoms with E-state index in [9.17, 15) is 13.2 Å². The smallest absolute Gasteiger partial charge is 0.246 e. The van der Waals surface area contributed by atoms with E-state index >= 15 is 0 Å². The van der Waals surface area contributed by atoms with Crippen molar-refractivity contribution in [2.75, 3.05) is 24.2 Å². The molecule has 0 radical (unpaired) electrons. The van der Waals surface area contributed by atoms with Gasteiger partial charge in [0.05, 0.1) is 25.6 Å². The Labute approximate surface area is 206 Å². The zero-order chi connectivity index (χ0) is 25.6. The molecule has 0 aliphatic carbocycles. The number of methoxy groups -OCH3 is 1. The van der Waals surface area contributed by atoms with Crippen molar-refractivity contribution >= 4 is 21.6 Å². The number of carbonyl (C=O) groups excluding carboxylic acids is 1. The van der Waals surface area contributed by atoms with Gasteiger partial charge in [-0.1, -0.05) is 62.3 Å². The zero-order valence-corrected chi connectivity index (χ0v) is 21.6. The molecule has 0 unspecified atom stereocenters. The third-order valence-electron chi connectivity index (χ3n) is 5.43. The Kier molecular flexibility index (Phi) is 8.16. The van der Waals surface area contributed by atoms with Crippen LogP contribution in [0.3, 0.4) is 0 Å². The number of nitrogens with one attached hydrogen (secondary N) is 1. The molecule has 3 rings (SSSR count). The summed E-state index contributed by atoms with van der Waals surface area (Å²) in [6, 6.07) is 14.8. The lowest BCUT2D eigenvalue weighted by atomic mass is 9.87. The molecule has 0 aliphatic heterocycles. The summed E-state index contributed by atoms with van der Waals surface area (Å²) in [4.78, 5) is 16.7. The van der Waals surface area contributed by atoms with Gasteiger partial charge in [-0.25, -0.2) is 8.42 Å². The largest absolute Gasteiger partial charge is 0.495 e. The molecule has 188 valence electrons. The topological polar surface area (TPSA) is 115 Å². The highest BCUT2D eigenvalue weighted by molar-refractivity contribution is 7.92. The Morgan fingerprint density at radius 1 is 1.11 bits per heavy atom. The van der Waals surface area contributed by atoms with Crippen molar-refractivity contribution in [2.24, 2.45) is 0 Å². The minimum Gasteiger partial charge on any atom is -0.495 e. The number of rotatable bonds is 10. The number of aromatic nitrogens is 2. The van der Waals surface area contributed by atoms with Crippen LogP contribution < -0.4 is 14.4 Å². The van der Waals surface area contributed by atoms with E-state index in [-0.39, 0.29) is 30.8 Å². The molecule has 10 heteroatoms. The molecule has 0 fully saturated rings. The molecule has 0 aliphatic rings. The van der Waals surface area contributed by atoms with E-state index < -0.39 is 10.0 Å². The third kappa shape index (κ3) is 7.05. The number of para-hydroxylation sites is 2. The molecule has 3 aromatic rings. The van der Waals surface area contributed by atoms with Crippen LogP contribution in [0, 0.1) is 0 Å². The number of hydrogen-bond donors (Lipinski definition) is 1. The van der Waals surface area contributed by atoms with E-state index in [0.717, 1.165) is 11.8 Å². The molecule has 1 heterocycles. The zero-order valence-electron chi connectivity index (χ0n) is 20.7. The van der Waals surface area contributed by atoms with Gasteiger partial charge in [-0.15, -0.1) is 0 Å². The normalized spacial score (nSPS) is 11.8. The first-order chi connectivity index (χ1) is 16.5. The fraction of sp³-hybridized carbons (Fsp3) is 0.400. The maximum atomic E-state index is 12.3. The van der Waals surface area contributed by atoms with E-state index in [1.807, 2.05) is 24.3 Å². The first-order valence-electron chi connectivity index (χ1n) is 11.3. The number of sulfonamides is 1. The van der Waals surface area contributed by atoms with Gasteiger partial charge in [0.25, 0.3) is 0 Å². The second kappa shape index (κ2) is 10.9. The van der Waals surface area contributed by atoms with E-state index in [1.165, 1.54) is 17.0 Å². The van der Waals surface area contributed by atoms with Crippen LogP contribution in [0.25, 0.3) is 11.4 Å². The monoisotopic (exact) mass is 500 g/mol. The minimum atomic E-state index is -3.55. The lowest BCUT2D eigenvalue weighted by molar-refractivity contribution is -0.121. The summed E-state index contributed by atoms with van der Waals surface area (Å²) in [7, 11) is -2.07. The maximum Gasteiger partial charge on any atom is 0.246 e. The third-order valence-corrected chi connectivity index (χ3v) is 6.61. The number of anilines is 1. The van der Waals surface area contributed by atoms with Gasteiger partial charge in [-0.2, -0.15) is 4.98 Å². The second-order valence-electron chi connectivity index (χ2n) is 9.23. The van der Waals surface area contributed by atoms with Crippen molar-refractivity contribution < 1.29 is 22.5 Å². The predicted octanol–water partition coefficient (Wildman–Crippen LogP) is 3.91. The van der Waals surface area contributed by atoms with Gasteiger partial charge in [-0.3, -0.25) is 9.10 Å². The fourth-order valence-electron chi connectivity index (χ4n) is 3.51. The molecule has 1 N–H and O–H groups in total. The molecule has 0 saturated heterocycles. The summed E-state index contributed by atoms with van der Waals surface area (Å²) in [5, 5.41) is 6.74. The number of carbonyl (C=O) groups is 1. The van der Waals surface area contributed by atoms with E-state index in [1.54, 1.807) is 24.3 Å². The highest BCUT2D eigenvalue weighted by Crippen LogP contribution is 2.29. The van der Waals surface area contributed by atoms with Crippen molar-refractivity contribution in [1.82, 2.24) is 15.5 Å². The number of nitrogens with zero attached hydrogens (tertiary/aromatic N) is 3. The van der Waals surface area contributed by atoms with Crippen LogP contribution in [0.4, 0.5) is 5.69 Å². The van der Waals surface area contributed by atoms with Gasteiger partial charge < -0.3 is 14.6 Å². The van der Waals surface area contributed by atoms with Crippen LogP contribution >= 0.6 is 0 Å². The van der Waals surface area contributed by atoms with E-state index in [2.05, 4.69) is 36.2 Å². The molecule has 2 aromatic carbocycles. The first-order valence-corrected chi connectivity index (χ1v) is 13.1. The molecule has 0 bridgehead atoms. The minimum absolute atomic E-state index is 0.0523. The molecule has 0 saturated carbocycles. The van der Waals surface area contributed by atoms with Crippen LogP contribution in [0.1, 0.15) is 45.1 Å². The van der Waals surface area contributed by atoms with Crippen molar-refractivity contribution in [1.29, 1.82) is 0 Å². The Morgan fingerprint density at radius 2 is 1.80 bits per heavy atom. The molecular formula is C25H32N4O5S. The van der Waals surface area contributed by atoms with Gasteiger partial charge in [0.15, 0.2) is 0 Å². The maximum absolute atomic E-state index is 12.3. The average molecular weight is 501 g/mol. The van der Waals surface area contributed by atoms with Crippen molar-refractivity contribution in [3.8, 4) is 17.1 Å². The molecular weight excluding hydrogens is 468 g/mol. The molecule has 0 atom stereocenters. The quantitative estimate of drug-likeness (QED) is 0.449. The molecule has 0 spiro atoms. The highest BCUT2D eigenvalue weighted by atomic mass is 32.2. The van der Waals surface area contributed by atoms with E-state index in [0.29, 0.717) is 29.6 Å².